The number of hydrogen-bond donors (Lipinski definition) is 0. The molecule has 2 aliphatic carbocycles. The fraction of sp³-hybridized carbons (Fsp3) is 0.379. The van der Waals surface area contributed by atoms with E-state index in [-0.39, 0.29) is 0 Å². The fourth-order valence-electron chi connectivity index (χ4n) is 5.95. The van der Waals surface area contributed by atoms with Crippen molar-refractivity contribution in [2.24, 2.45) is 5.41 Å². The zero-order valence-corrected chi connectivity index (χ0v) is 19.8. The van der Waals surface area contributed by atoms with Gasteiger partial charge in [0.25, 0.3) is 0 Å². The van der Waals surface area contributed by atoms with E-state index >= 15 is 0 Å². The van der Waals surface area contributed by atoms with Crippen LogP contribution in [0.2, 0.25) is 0 Å². The molecule has 3 heterocycles. The third-order valence-electron chi connectivity index (χ3n) is 7.99. The summed E-state index contributed by atoms with van der Waals surface area (Å²) in [4.78, 5) is 7.41. The van der Waals surface area contributed by atoms with Crippen LogP contribution < -0.4 is 0 Å². The molecule has 3 aliphatic rings. The van der Waals surface area contributed by atoms with Crippen molar-refractivity contribution < 1.29 is 0 Å². The molecule has 0 atom stereocenters. The predicted molar refractivity (Wildman–Crippen MR) is 135 cm³/mol. The van der Waals surface area contributed by atoms with Gasteiger partial charge >= 0.3 is 0 Å². The summed E-state index contributed by atoms with van der Waals surface area (Å²) < 4.78 is 2.15. The maximum absolute atomic E-state index is 5.20. The molecule has 6 rings (SSSR count). The first-order chi connectivity index (χ1) is 15.9. The van der Waals surface area contributed by atoms with Crippen LogP contribution in [-0.4, -0.2) is 26.7 Å². The number of nitrogens with zero attached hydrogens (tertiary/aromatic N) is 4. The number of fused-ring (bicyclic) bond motifs is 2. The lowest BCUT2D eigenvalue weighted by Crippen LogP contribution is -2.19. The van der Waals surface area contributed by atoms with Crippen molar-refractivity contribution >= 4 is 11.3 Å². The average Bonchev–Trinajstić information content (AvgIpc) is 3.58. The summed E-state index contributed by atoms with van der Waals surface area (Å²) in [5, 5.41) is 4.77. The minimum atomic E-state index is 0.367. The van der Waals surface area contributed by atoms with Gasteiger partial charge in [-0.1, -0.05) is 45.1 Å². The van der Waals surface area contributed by atoms with E-state index in [1.165, 1.54) is 47.9 Å². The molecule has 0 N–H and O–H groups in total. The molecule has 2 aromatic heterocycles. The van der Waals surface area contributed by atoms with Crippen LogP contribution in [0.4, 0.5) is 0 Å². The van der Waals surface area contributed by atoms with Crippen molar-refractivity contribution in [3.05, 3.63) is 72.2 Å². The Labute approximate surface area is 196 Å². The Bertz CT molecular complexity index is 1290. The molecule has 0 radical (unpaired) electrons. The molecule has 0 saturated heterocycles. The second kappa shape index (κ2) is 7.44. The number of rotatable bonds is 4. The molecule has 1 aromatic carbocycles. The van der Waals surface area contributed by atoms with Gasteiger partial charge in [-0.15, -0.1) is 0 Å². The van der Waals surface area contributed by atoms with Gasteiger partial charge in [-0.25, -0.2) is 4.98 Å². The topological polar surface area (TPSA) is 34.0 Å². The first kappa shape index (κ1) is 20.5. The molecule has 4 nitrogen and oxygen atoms in total. The molecule has 3 aromatic rings. The van der Waals surface area contributed by atoms with Crippen LogP contribution in [0.3, 0.4) is 0 Å². The Morgan fingerprint density at radius 3 is 2.61 bits per heavy atom. The van der Waals surface area contributed by atoms with E-state index in [9.17, 15) is 0 Å². The molecular weight excluding hydrogens is 404 g/mol. The normalized spacial score (nSPS) is 18.8. The Kier molecular flexibility index (Phi) is 4.62. The van der Waals surface area contributed by atoms with Gasteiger partial charge in [0.2, 0.25) is 0 Å². The van der Waals surface area contributed by atoms with Crippen LogP contribution in [0.25, 0.3) is 33.7 Å². The van der Waals surface area contributed by atoms with E-state index in [2.05, 4.69) is 67.2 Å². The third-order valence-corrected chi connectivity index (χ3v) is 7.99. The summed E-state index contributed by atoms with van der Waals surface area (Å²) in [6.07, 6.45) is 11.5. The highest BCUT2D eigenvalue weighted by atomic mass is 15.3. The van der Waals surface area contributed by atoms with Gasteiger partial charge in [-0.3, -0.25) is 4.68 Å². The van der Waals surface area contributed by atoms with Crippen molar-refractivity contribution in [2.75, 3.05) is 7.05 Å². The van der Waals surface area contributed by atoms with Crippen molar-refractivity contribution in [3.63, 3.8) is 0 Å². The zero-order valence-electron chi connectivity index (χ0n) is 19.8. The quantitative estimate of drug-likeness (QED) is 0.464. The monoisotopic (exact) mass is 436 g/mol. The van der Waals surface area contributed by atoms with Gasteiger partial charge < -0.3 is 4.90 Å². The van der Waals surface area contributed by atoms with E-state index in [4.69, 9.17) is 10.1 Å². The molecular formula is C29H32N4. The lowest BCUT2D eigenvalue weighted by molar-refractivity contribution is 0.268. The Hall–Kier alpha value is -3.14. The molecule has 1 aliphatic heterocycles. The first-order valence-electron chi connectivity index (χ1n) is 12.2. The van der Waals surface area contributed by atoms with Crippen LogP contribution >= 0.6 is 0 Å². The summed E-state index contributed by atoms with van der Waals surface area (Å²) in [5.41, 5.74) is 12.0. The van der Waals surface area contributed by atoms with Crippen LogP contribution in [0.5, 0.6) is 0 Å². The SMILES string of the molecule is C=C1CCc2cc(-c3cnn(CC4(C)CCCC4)c3)c(-c3ccc4c(c3)C(=C)N(C)C4)nc21. The third kappa shape index (κ3) is 3.43. The van der Waals surface area contributed by atoms with E-state index in [1.54, 1.807) is 0 Å². The van der Waals surface area contributed by atoms with E-state index in [1.807, 2.05) is 6.20 Å². The second-order valence-electron chi connectivity index (χ2n) is 10.6. The van der Waals surface area contributed by atoms with Crippen LogP contribution in [0.15, 0.2) is 49.8 Å². The number of hydrogen-bond acceptors (Lipinski definition) is 3. The molecule has 0 unspecified atom stereocenters. The van der Waals surface area contributed by atoms with Crippen molar-refractivity contribution in [2.45, 2.75) is 58.5 Å². The maximum atomic E-state index is 5.20. The van der Waals surface area contributed by atoms with Crippen LogP contribution in [-0.2, 0) is 19.5 Å². The van der Waals surface area contributed by atoms with Gasteiger partial charge in [0.1, 0.15) is 0 Å². The minimum Gasteiger partial charge on any atom is -0.370 e. The highest BCUT2D eigenvalue weighted by Crippen LogP contribution is 2.42. The summed E-state index contributed by atoms with van der Waals surface area (Å²) in [6, 6.07) is 9.05. The number of benzene rings is 1. The maximum Gasteiger partial charge on any atom is 0.0789 e. The molecule has 0 amide bonds. The molecule has 0 bridgehead atoms. The highest BCUT2D eigenvalue weighted by Gasteiger charge is 2.30. The van der Waals surface area contributed by atoms with E-state index in [0.29, 0.717) is 5.41 Å². The first-order valence-corrected chi connectivity index (χ1v) is 12.2. The summed E-state index contributed by atoms with van der Waals surface area (Å²) in [7, 11) is 2.10. The molecule has 33 heavy (non-hydrogen) atoms. The zero-order chi connectivity index (χ0) is 22.7. The van der Waals surface area contributed by atoms with Crippen LogP contribution in [0.1, 0.15) is 61.4 Å². The molecule has 1 fully saturated rings. The molecule has 4 heteroatoms. The van der Waals surface area contributed by atoms with Crippen molar-refractivity contribution in [3.8, 4) is 22.4 Å². The average molecular weight is 437 g/mol. The van der Waals surface area contributed by atoms with Crippen molar-refractivity contribution in [1.82, 2.24) is 19.7 Å². The standard InChI is InChI=1S/C29H32N4/c1-19-7-8-21-14-26(24-15-30-33(17-24)18-29(3)11-5-6-12-29)28(31-27(19)21)22-9-10-23-16-32(4)20(2)25(23)13-22/h9-10,13-15,17H,1-2,5-8,11-12,16,18H2,3-4H3. The van der Waals surface area contributed by atoms with Crippen molar-refractivity contribution in [1.29, 1.82) is 0 Å². The lowest BCUT2D eigenvalue weighted by atomic mass is 9.89. The number of pyridine rings is 1. The van der Waals surface area contributed by atoms with Gasteiger partial charge in [-0.05, 0) is 59.9 Å². The Morgan fingerprint density at radius 2 is 1.79 bits per heavy atom. The summed E-state index contributed by atoms with van der Waals surface area (Å²) in [6.45, 7) is 12.9. The smallest absolute Gasteiger partial charge is 0.0789 e. The molecule has 168 valence electrons. The Morgan fingerprint density at radius 1 is 0.970 bits per heavy atom. The van der Waals surface area contributed by atoms with Gasteiger partial charge in [0.05, 0.1) is 17.6 Å². The minimum absolute atomic E-state index is 0.367. The van der Waals surface area contributed by atoms with Gasteiger partial charge in [0.15, 0.2) is 0 Å². The van der Waals surface area contributed by atoms with Gasteiger partial charge in [-0.2, -0.15) is 5.10 Å². The fourth-order valence-corrected chi connectivity index (χ4v) is 5.95. The van der Waals surface area contributed by atoms with E-state index in [0.717, 1.165) is 59.7 Å². The molecule has 1 saturated carbocycles. The Balaban J connectivity index is 1.44. The number of aryl methyl sites for hydroxylation is 1. The van der Waals surface area contributed by atoms with Crippen LogP contribution in [0, 0.1) is 5.41 Å². The lowest BCUT2D eigenvalue weighted by Gasteiger charge is -2.23. The second-order valence-corrected chi connectivity index (χ2v) is 10.6. The molecule has 0 spiro atoms. The summed E-state index contributed by atoms with van der Waals surface area (Å²) >= 11 is 0. The summed E-state index contributed by atoms with van der Waals surface area (Å²) in [5.74, 6) is 0. The van der Waals surface area contributed by atoms with E-state index < -0.39 is 0 Å². The number of allylic oxidation sites excluding steroid dienone is 1. The number of aromatic nitrogens is 3. The predicted octanol–water partition coefficient (Wildman–Crippen LogP) is 6.57. The highest BCUT2D eigenvalue weighted by molar-refractivity contribution is 5.85. The van der Waals surface area contributed by atoms with Gasteiger partial charge in [0, 0.05) is 54.3 Å². The largest absolute Gasteiger partial charge is 0.370 e.